The van der Waals surface area contributed by atoms with Crippen LogP contribution < -0.4 is 0 Å². The minimum absolute atomic E-state index is 0.504. The molecule has 0 fully saturated rings. The number of halogens is 1. The van der Waals surface area contributed by atoms with E-state index in [1.807, 2.05) is 0 Å². The fourth-order valence-electron chi connectivity index (χ4n) is 2.66. The lowest BCUT2D eigenvalue weighted by Gasteiger charge is -2.11. The zero-order chi connectivity index (χ0) is 13.5. The predicted molar refractivity (Wildman–Crippen MR) is 84.6 cm³/mol. The third-order valence-corrected chi connectivity index (χ3v) is 4.90. The first-order chi connectivity index (χ1) is 9.31. The average Bonchev–Trinajstić information content (AvgIpc) is 2.89. The van der Waals surface area contributed by atoms with E-state index in [0.717, 1.165) is 13.2 Å². The predicted octanol–water partition coefficient (Wildman–Crippen LogP) is 5.90. The molecule has 1 nitrogen and oxygen atoms in total. The van der Waals surface area contributed by atoms with E-state index in [2.05, 4.69) is 41.1 Å². The highest BCUT2D eigenvalue weighted by atomic mass is 79.9. The molecule has 0 bridgehead atoms. The lowest BCUT2D eigenvalue weighted by molar-refractivity contribution is 0.134. The number of hydrogen-bond donors (Lipinski definition) is 0. The van der Waals surface area contributed by atoms with Crippen LogP contribution >= 0.6 is 15.9 Å². The smallest absolute Gasteiger partial charge is 0.0725 e. The van der Waals surface area contributed by atoms with Crippen molar-refractivity contribution in [2.24, 2.45) is 0 Å². The van der Waals surface area contributed by atoms with Crippen molar-refractivity contribution >= 4 is 15.9 Å². The van der Waals surface area contributed by atoms with Crippen molar-refractivity contribution in [1.82, 2.24) is 0 Å². The Labute approximate surface area is 125 Å². The normalized spacial score (nSPS) is 15.5. The van der Waals surface area contributed by atoms with Crippen LogP contribution in [0, 0.1) is 0 Å². The van der Waals surface area contributed by atoms with Gasteiger partial charge in [0.1, 0.15) is 0 Å². The van der Waals surface area contributed by atoms with Crippen LogP contribution in [-0.4, -0.2) is 0 Å². The molecule has 0 saturated carbocycles. The first kappa shape index (κ1) is 15.1. The molecule has 0 spiro atoms. The Bertz CT molecular complexity index is 389. The van der Waals surface area contributed by atoms with Crippen LogP contribution in [0.2, 0.25) is 0 Å². The van der Waals surface area contributed by atoms with Gasteiger partial charge >= 0.3 is 0 Å². The monoisotopic (exact) mass is 324 g/mol. The molecule has 1 unspecified atom stereocenters. The van der Waals surface area contributed by atoms with Crippen molar-refractivity contribution in [1.29, 1.82) is 0 Å². The highest BCUT2D eigenvalue weighted by molar-refractivity contribution is 9.09. The number of fused-ring (bicyclic) bond motifs is 1. The molecule has 19 heavy (non-hydrogen) atoms. The Morgan fingerprint density at radius 3 is 2.63 bits per heavy atom. The van der Waals surface area contributed by atoms with Gasteiger partial charge in [-0.2, -0.15) is 0 Å². The molecule has 2 heteroatoms. The molecule has 2 rings (SSSR count). The van der Waals surface area contributed by atoms with Crippen LogP contribution in [0.3, 0.4) is 0 Å². The van der Waals surface area contributed by atoms with Gasteiger partial charge in [0, 0.05) is 4.83 Å². The summed E-state index contributed by atoms with van der Waals surface area (Å²) in [6.07, 6.45) is 9.46. The molecule has 0 amide bonds. The molecule has 1 heterocycles. The van der Waals surface area contributed by atoms with Crippen molar-refractivity contribution in [3.63, 3.8) is 0 Å². The Morgan fingerprint density at radius 1 is 1.05 bits per heavy atom. The van der Waals surface area contributed by atoms with Gasteiger partial charge in [-0.25, -0.2) is 0 Å². The van der Waals surface area contributed by atoms with E-state index in [-0.39, 0.29) is 0 Å². The summed E-state index contributed by atoms with van der Waals surface area (Å²) in [6.45, 7) is 3.85. The lowest BCUT2D eigenvalue weighted by Crippen LogP contribution is -1.93. The molecule has 0 aliphatic carbocycles. The number of hydrogen-bond acceptors (Lipinski definition) is 1. The number of unbranched alkanes of at least 4 members (excludes halogenated alkanes) is 5. The van der Waals surface area contributed by atoms with Gasteiger partial charge in [0.15, 0.2) is 0 Å². The number of ether oxygens (including phenoxy) is 1. The van der Waals surface area contributed by atoms with E-state index in [9.17, 15) is 0 Å². The third kappa shape index (κ3) is 4.61. The minimum atomic E-state index is 0.504. The van der Waals surface area contributed by atoms with Gasteiger partial charge in [0.05, 0.1) is 13.2 Å². The quantitative estimate of drug-likeness (QED) is 0.427. The fraction of sp³-hybridized carbons (Fsp3) is 0.647. The van der Waals surface area contributed by atoms with E-state index < -0.39 is 0 Å². The first-order valence-electron chi connectivity index (χ1n) is 7.64. The summed E-state index contributed by atoms with van der Waals surface area (Å²) >= 11 is 3.84. The maximum atomic E-state index is 5.47. The SMILES string of the molecule is CCCCCCCCC(Br)c1ccc2c(c1)COC2. The molecule has 106 valence electrons. The van der Waals surface area contributed by atoms with Crippen LogP contribution in [0.4, 0.5) is 0 Å². The largest absolute Gasteiger partial charge is 0.372 e. The molecule has 0 radical (unpaired) electrons. The molecule has 1 aliphatic heterocycles. The zero-order valence-electron chi connectivity index (χ0n) is 12.0. The summed E-state index contributed by atoms with van der Waals surface area (Å²) in [5.41, 5.74) is 4.16. The summed E-state index contributed by atoms with van der Waals surface area (Å²) in [6, 6.07) is 6.80. The summed E-state index contributed by atoms with van der Waals surface area (Å²) in [5, 5.41) is 0. The van der Waals surface area contributed by atoms with Crippen LogP contribution in [0.1, 0.15) is 73.4 Å². The molecule has 1 aromatic carbocycles. The van der Waals surface area contributed by atoms with Crippen LogP contribution in [0.25, 0.3) is 0 Å². The van der Waals surface area contributed by atoms with Crippen molar-refractivity contribution in [3.05, 3.63) is 34.9 Å². The van der Waals surface area contributed by atoms with Crippen LogP contribution in [0.5, 0.6) is 0 Å². The van der Waals surface area contributed by atoms with Crippen molar-refractivity contribution < 1.29 is 4.74 Å². The third-order valence-electron chi connectivity index (χ3n) is 3.92. The number of benzene rings is 1. The molecule has 0 saturated heterocycles. The Hall–Kier alpha value is -0.340. The van der Waals surface area contributed by atoms with Crippen molar-refractivity contribution in [2.45, 2.75) is 69.9 Å². The zero-order valence-corrected chi connectivity index (χ0v) is 13.5. The Morgan fingerprint density at radius 2 is 1.79 bits per heavy atom. The summed E-state index contributed by atoms with van der Waals surface area (Å²) in [4.78, 5) is 0.504. The highest BCUT2D eigenvalue weighted by Gasteiger charge is 2.14. The second-order valence-corrected chi connectivity index (χ2v) is 6.65. The van der Waals surface area contributed by atoms with E-state index >= 15 is 0 Å². The molecule has 1 aliphatic rings. The van der Waals surface area contributed by atoms with E-state index in [1.165, 1.54) is 61.6 Å². The standard InChI is InChI=1S/C17H25BrO/c1-2-3-4-5-6-7-8-17(18)14-9-10-15-12-19-13-16(15)11-14/h9-11,17H,2-8,12-13H2,1H3. The van der Waals surface area contributed by atoms with Crippen molar-refractivity contribution in [2.75, 3.05) is 0 Å². The average molecular weight is 325 g/mol. The van der Waals surface area contributed by atoms with Gasteiger partial charge in [-0.3, -0.25) is 0 Å². The number of alkyl halides is 1. The van der Waals surface area contributed by atoms with Gasteiger partial charge in [-0.1, -0.05) is 79.6 Å². The molecular weight excluding hydrogens is 300 g/mol. The summed E-state index contributed by atoms with van der Waals surface area (Å²) in [5.74, 6) is 0. The Kier molecular flexibility index (Phi) is 6.39. The summed E-state index contributed by atoms with van der Waals surface area (Å²) < 4.78 is 5.47. The Balaban J connectivity index is 1.72. The molecule has 1 aromatic rings. The van der Waals surface area contributed by atoms with Gasteiger partial charge < -0.3 is 4.74 Å². The van der Waals surface area contributed by atoms with Gasteiger partial charge in [0.25, 0.3) is 0 Å². The van der Waals surface area contributed by atoms with Gasteiger partial charge in [-0.15, -0.1) is 0 Å². The topological polar surface area (TPSA) is 9.23 Å². The molecule has 0 aromatic heterocycles. The second kappa shape index (κ2) is 8.06. The van der Waals surface area contributed by atoms with Crippen molar-refractivity contribution in [3.8, 4) is 0 Å². The van der Waals surface area contributed by atoms with Crippen LogP contribution in [0.15, 0.2) is 18.2 Å². The fourth-order valence-corrected chi connectivity index (χ4v) is 3.27. The first-order valence-corrected chi connectivity index (χ1v) is 8.56. The van der Waals surface area contributed by atoms with Gasteiger partial charge in [-0.05, 0) is 23.1 Å². The second-order valence-electron chi connectivity index (χ2n) is 5.54. The van der Waals surface area contributed by atoms with Gasteiger partial charge in [0.2, 0.25) is 0 Å². The maximum absolute atomic E-state index is 5.47. The lowest BCUT2D eigenvalue weighted by atomic mass is 10.0. The maximum Gasteiger partial charge on any atom is 0.0725 e. The minimum Gasteiger partial charge on any atom is -0.372 e. The van der Waals surface area contributed by atoms with Crippen LogP contribution in [-0.2, 0) is 18.0 Å². The van der Waals surface area contributed by atoms with E-state index in [1.54, 1.807) is 0 Å². The van der Waals surface area contributed by atoms with E-state index in [0.29, 0.717) is 4.83 Å². The summed E-state index contributed by atoms with van der Waals surface area (Å²) in [7, 11) is 0. The molecular formula is C17H25BrO. The molecule has 0 N–H and O–H groups in total. The highest BCUT2D eigenvalue weighted by Crippen LogP contribution is 2.32. The van der Waals surface area contributed by atoms with E-state index in [4.69, 9.17) is 4.74 Å². The number of rotatable bonds is 8. The molecule has 1 atom stereocenters.